The molecule has 17 heavy (non-hydrogen) atoms. The summed E-state index contributed by atoms with van der Waals surface area (Å²) in [7, 11) is 1.59. The summed E-state index contributed by atoms with van der Waals surface area (Å²) in [4.78, 5) is 0. The van der Waals surface area contributed by atoms with Crippen LogP contribution in [0.25, 0.3) is 11.3 Å². The van der Waals surface area contributed by atoms with Crippen LogP contribution in [0.15, 0.2) is 18.2 Å². The van der Waals surface area contributed by atoms with E-state index in [4.69, 9.17) is 16.3 Å². The molecule has 0 bridgehead atoms. The third kappa shape index (κ3) is 2.50. The molecular formula is C11H12ClN3OS. The summed E-state index contributed by atoms with van der Waals surface area (Å²) in [5.41, 5.74) is 1.77. The highest BCUT2D eigenvalue weighted by Crippen LogP contribution is 2.32. The number of halogens is 1. The monoisotopic (exact) mass is 269 g/mol. The van der Waals surface area contributed by atoms with E-state index in [9.17, 15) is 0 Å². The summed E-state index contributed by atoms with van der Waals surface area (Å²) in [5.74, 6) is 1.43. The van der Waals surface area contributed by atoms with Crippen molar-refractivity contribution in [2.75, 3.05) is 19.0 Å². The number of aromatic nitrogens is 2. The average molecular weight is 270 g/mol. The molecule has 0 saturated heterocycles. The number of methoxy groups -OCH3 is 1. The summed E-state index contributed by atoms with van der Waals surface area (Å²) < 4.78 is 13.7. The standard InChI is InChI=1S/C11H12ClN3OS/c1-3-13-11-10(14-17-15-11)7-4-5-8(12)9(6-7)16-2/h4-6H,3H2,1-2H3,(H,13,15). The lowest BCUT2D eigenvalue weighted by molar-refractivity contribution is 0.415. The maximum absolute atomic E-state index is 5.98. The summed E-state index contributed by atoms with van der Waals surface area (Å²) in [6.07, 6.45) is 0. The third-order valence-electron chi connectivity index (χ3n) is 2.26. The molecule has 0 aliphatic carbocycles. The SMILES string of the molecule is CCNc1nsnc1-c1ccc(Cl)c(OC)c1. The number of rotatable bonds is 4. The maximum atomic E-state index is 5.98. The van der Waals surface area contributed by atoms with Gasteiger partial charge < -0.3 is 10.1 Å². The van der Waals surface area contributed by atoms with Crippen molar-refractivity contribution in [2.24, 2.45) is 0 Å². The van der Waals surface area contributed by atoms with Crippen molar-refractivity contribution >= 4 is 29.1 Å². The molecule has 6 heteroatoms. The van der Waals surface area contributed by atoms with Crippen LogP contribution in [0.1, 0.15) is 6.92 Å². The van der Waals surface area contributed by atoms with Crippen LogP contribution in [-0.4, -0.2) is 22.4 Å². The Morgan fingerprint density at radius 2 is 2.24 bits per heavy atom. The van der Waals surface area contributed by atoms with Crippen LogP contribution in [0.4, 0.5) is 5.82 Å². The van der Waals surface area contributed by atoms with Crippen molar-refractivity contribution in [1.82, 2.24) is 8.75 Å². The van der Waals surface area contributed by atoms with E-state index in [0.717, 1.165) is 23.6 Å². The fraction of sp³-hybridized carbons (Fsp3) is 0.273. The molecule has 2 rings (SSSR count). The van der Waals surface area contributed by atoms with Gasteiger partial charge in [-0.3, -0.25) is 0 Å². The van der Waals surface area contributed by atoms with Crippen molar-refractivity contribution in [3.05, 3.63) is 23.2 Å². The molecule has 90 valence electrons. The molecule has 0 atom stereocenters. The second-order valence-electron chi connectivity index (χ2n) is 3.34. The van der Waals surface area contributed by atoms with E-state index < -0.39 is 0 Å². The van der Waals surface area contributed by atoms with Crippen LogP contribution in [0.2, 0.25) is 5.02 Å². The number of hydrogen-bond acceptors (Lipinski definition) is 5. The Kier molecular flexibility index (Phi) is 3.81. The summed E-state index contributed by atoms with van der Waals surface area (Å²) >= 11 is 7.17. The molecule has 0 aliphatic heterocycles. The predicted octanol–water partition coefficient (Wildman–Crippen LogP) is 3.30. The van der Waals surface area contributed by atoms with Crippen LogP contribution < -0.4 is 10.1 Å². The number of ether oxygens (including phenoxy) is 1. The molecule has 0 aliphatic rings. The summed E-state index contributed by atoms with van der Waals surface area (Å²) in [6, 6.07) is 5.56. The second-order valence-corrected chi connectivity index (χ2v) is 4.28. The number of nitrogens with zero attached hydrogens (tertiary/aromatic N) is 2. The van der Waals surface area contributed by atoms with Gasteiger partial charge >= 0.3 is 0 Å². The zero-order valence-corrected chi connectivity index (χ0v) is 11.1. The minimum Gasteiger partial charge on any atom is -0.495 e. The van der Waals surface area contributed by atoms with Crippen LogP contribution in [0.5, 0.6) is 5.75 Å². The topological polar surface area (TPSA) is 47.0 Å². The van der Waals surface area contributed by atoms with Gasteiger partial charge in [-0.1, -0.05) is 17.7 Å². The van der Waals surface area contributed by atoms with Gasteiger partial charge in [0.2, 0.25) is 0 Å². The Labute approximate surface area is 109 Å². The van der Waals surface area contributed by atoms with Crippen LogP contribution in [0.3, 0.4) is 0 Å². The molecule has 0 spiro atoms. The normalized spacial score (nSPS) is 10.3. The van der Waals surface area contributed by atoms with Crippen LogP contribution >= 0.6 is 23.3 Å². The molecule has 1 aromatic heterocycles. The first-order valence-electron chi connectivity index (χ1n) is 5.16. The minimum absolute atomic E-state index is 0.587. The fourth-order valence-electron chi connectivity index (χ4n) is 1.47. The molecule has 1 N–H and O–H groups in total. The largest absolute Gasteiger partial charge is 0.495 e. The molecule has 0 amide bonds. The van der Waals surface area contributed by atoms with E-state index >= 15 is 0 Å². The third-order valence-corrected chi connectivity index (χ3v) is 3.10. The van der Waals surface area contributed by atoms with Gasteiger partial charge in [0.15, 0.2) is 5.82 Å². The van der Waals surface area contributed by atoms with Gasteiger partial charge in [0.25, 0.3) is 0 Å². The lowest BCUT2D eigenvalue weighted by atomic mass is 10.1. The van der Waals surface area contributed by atoms with E-state index in [2.05, 4.69) is 14.1 Å². The quantitative estimate of drug-likeness (QED) is 0.925. The smallest absolute Gasteiger partial charge is 0.168 e. The molecule has 2 aromatic rings. The Morgan fingerprint density at radius 1 is 1.41 bits per heavy atom. The van der Waals surface area contributed by atoms with Gasteiger partial charge in [-0.2, -0.15) is 8.75 Å². The molecule has 0 unspecified atom stereocenters. The van der Waals surface area contributed by atoms with Gasteiger partial charge in [-0.25, -0.2) is 0 Å². The summed E-state index contributed by atoms with van der Waals surface area (Å²) in [5, 5.41) is 3.76. The highest BCUT2D eigenvalue weighted by atomic mass is 35.5. The predicted molar refractivity (Wildman–Crippen MR) is 71.1 cm³/mol. The average Bonchev–Trinajstić information content (AvgIpc) is 2.78. The zero-order valence-electron chi connectivity index (χ0n) is 9.53. The van der Waals surface area contributed by atoms with Gasteiger partial charge in [0.05, 0.1) is 23.9 Å². The summed E-state index contributed by atoms with van der Waals surface area (Å²) in [6.45, 7) is 2.83. The van der Waals surface area contributed by atoms with Gasteiger partial charge in [0, 0.05) is 12.1 Å². The van der Waals surface area contributed by atoms with Gasteiger partial charge in [-0.05, 0) is 19.1 Å². The van der Waals surface area contributed by atoms with Gasteiger partial charge in [0.1, 0.15) is 11.4 Å². The highest BCUT2D eigenvalue weighted by Gasteiger charge is 2.11. The fourth-order valence-corrected chi connectivity index (χ4v) is 2.21. The van der Waals surface area contributed by atoms with Crippen molar-refractivity contribution in [2.45, 2.75) is 6.92 Å². The number of nitrogens with one attached hydrogen (secondary N) is 1. The van der Waals surface area contributed by atoms with Crippen molar-refractivity contribution in [3.8, 4) is 17.0 Å². The molecule has 0 fully saturated rings. The Balaban J connectivity index is 2.42. The number of benzene rings is 1. The molecule has 4 nitrogen and oxygen atoms in total. The lowest BCUT2D eigenvalue weighted by Gasteiger charge is -2.06. The Bertz CT molecular complexity index is 515. The minimum atomic E-state index is 0.587. The maximum Gasteiger partial charge on any atom is 0.168 e. The van der Waals surface area contributed by atoms with E-state index in [1.807, 2.05) is 19.1 Å². The molecular weight excluding hydrogens is 258 g/mol. The highest BCUT2D eigenvalue weighted by molar-refractivity contribution is 6.99. The van der Waals surface area contributed by atoms with Crippen molar-refractivity contribution in [1.29, 1.82) is 0 Å². The van der Waals surface area contributed by atoms with Gasteiger partial charge in [-0.15, -0.1) is 0 Å². The molecule has 1 aromatic carbocycles. The first kappa shape index (κ1) is 12.1. The van der Waals surface area contributed by atoms with E-state index in [-0.39, 0.29) is 0 Å². The zero-order chi connectivity index (χ0) is 12.3. The van der Waals surface area contributed by atoms with Crippen molar-refractivity contribution < 1.29 is 4.74 Å². The van der Waals surface area contributed by atoms with Crippen LogP contribution in [0, 0.1) is 0 Å². The first-order chi connectivity index (χ1) is 8.26. The van der Waals surface area contributed by atoms with E-state index in [1.165, 1.54) is 11.7 Å². The Morgan fingerprint density at radius 3 is 2.94 bits per heavy atom. The molecule has 1 heterocycles. The number of anilines is 1. The lowest BCUT2D eigenvalue weighted by Crippen LogP contribution is -1.98. The number of hydrogen-bond donors (Lipinski definition) is 1. The molecule has 0 saturated carbocycles. The van der Waals surface area contributed by atoms with E-state index in [1.54, 1.807) is 13.2 Å². The second kappa shape index (κ2) is 5.33. The first-order valence-corrected chi connectivity index (χ1v) is 6.27. The van der Waals surface area contributed by atoms with Crippen molar-refractivity contribution in [3.63, 3.8) is 0 Å². The molecule has 0 radical (unpaired) electrons. The Hall–Kier alpha value is -1.33. The van der Waals surface area contributed by atoms with Crippen LogP contribution in [-0.2, 0) is 0 Å². The van der Waals surface area contributed by atoms with E-state index in [0.29, 0.717) is 10.8 Å².